The van der Waals surface area contributed by atoms with Gasteiger partial charge in [-0.1, -0.05) is 31.4 Å². The van der Waals surface area contributed by atoms with Gasteiger partial charge in [0.15, 0.2) is 0 Å². The Morgan fingerprint density at radius 2 is 1.90 bits per heavy atom. The van der Waals surface area contributed by atoms with Crippen LogP contribution in [0.25, 0.3) is 0 Å². The van der Waals surface area contributed by atoms with E-state index in [1.165, 1.54) is 44.2 Å². The number of nitrogens with zero attached hydrogens (tertiary/aromatic N) is 1. The molecule has 1 aromatic rings. The molecule has 1 heterocycles. The van der Waals surface area contributed by atoms with Crippen LogP contribution in [0, 0.1) is 5.92 Å². The molecule has 1 aliphatic carbocycles. The summed E-state index contributed by atoms with van der Waals surface area (Å²) in [5, 5.41) is 3.76. The molecule has 0 bridgehead atoms. The standard InChI is InChI=1S/C18H28N2O/c1-21-17-9-7-15(8-10-17)13-20-12-11-19-18(14-20)16-5-3-2-4-6-16/h7-10,16,18-19H,2-6,11-14H2,1H3. The van der Waals surface area contributed by atoms with Gasteiger partial charge in [-0.25, -0.2) is 0 Å². The molecule has 3 rings (SSSR count). The number of nitrogens with one attached hydrogen (secondary N) is 1. The van der Waals surface area contributed by atoms with E-state index in [9.17, 15) is 0 Å². The van der Waals surface area contributed by atoms with Gasteiger partial charge in [-0.2, -0.15) is 0 Å². The van der Waals surface area contributed by atoms with Crippen LogP contribution in [0.5, 0.6) is 5.75 Å². The van der Waals surface area contributed by atoms with E-state index < -0.39 is 0 Å². The van der Waals surface area contributed by atoms with Gasteiger partial charge >= 0.3 is 0 Å². The summed E-state index contributed by atoms with van der Waals surface area (Å²) in [7, 11) is 1.72. The fourth-order valence-corrected chi connectivity index (χ4v) is 3.83. The van der Waals surface area contributed by atoms with Gasteiger partial charge in [-0.3, -0.25) is 4.90 Å². The van der Waals surface area contributed by atoms with Crippen molar-refractivity contribution in [1.29, 1.82) is 0 Å². The highest BCUT2D eigenvalue weighted by molar-refractivity contribution is 5.27. The first-order chi connectivity index (χ1) is 10.3. The monoisotopic (exact) mass is 288 g/mol. The molecule has 1 atom stereocenters. The molecule has 1 unspecified atom stereocenters. The number of hydrogen-bond acceptors (Lipinski definition) is 3. The predicted molar refractivity (Wildman–Crippen MR) is 86.6 cm³/mol. The lowest BCUT2D eigenvalue weighted by Gasteiger charge is -2.39. The molecular weight excluding hydrogens is 260 g/mol. The molecule has 1 aliphatic heterocycles. The molecule has 21 heavy (non-hydrogen) atoms. The molecule has 0 spiro atoms. The van der Waals surface area contributed by atoms with Gasteiger partial charge in [-0.05, 0) is 36.5 Å². The average Bonchev–Trinajstić information content (AvgIpc) is 2.57. The molecule has 1 saturated carbocycles. The van der Waals surface area contributed by atoms with Crippen LogP contribution in [0.4, 0.5) is 0 Å². The minimum atomic E-state index is 0.706. The Labute approximate surface area is 128 Å². The number of piperazine rings is 1. The Hall–Kier alpha value is -1.06. The Bertz CT molecular complexity index is 425. The number of hydrogen-bond donors (Lipinski definition) is 1. The maximum absolute atomic E-state index is 5.23. The topological polar surface area (TPSA) is 24.5 Å². The van der Waals surface area contributed by atoms with Crippen LogP contribution in [0.15, 0.2) is 24.3 Å². The van der Waals surface area contributed by atoms with Crippen molar-refractivity contribution in [2.75, 3.05) is 26.7 Å². The number of ether oxygens (including phenoxy) is 1. The molecule has 2 fully saturated rings. The van der Waals surface area contributed by atoms with Crippen LogP contribution in [0.2, 0.25) is 0 Å². The molecule has 0 amide bonds. The van der Waals surface area contributed by atoms with E-state index in [0.717, 1.165) is 31.3 Å². The zero-order valence-corrected chi connectivity index (χ0v) is 13.2. The first-order valence-electron chi connectivity index (χ1n) is 8.44. The van der Waals surface area contributed by atoms with Crippen LogP contribution in [-0.4, -0.2) is 37.7 Å². The highest BCUT2D eigenvalue weighted by Crippen LogP contribution is 2.28. The molecule has 0 radical (unpaired) electrons. The summed E-state index contributed by atoms with van der Waals surface area (Å²) in [5.74, 6) is 1.84. The smallest absolute Gasteiger partial charge is 0.118 e. The van der Waals surface area contributed by atoms with E-state index in [0.29, 0.717) is 6.04 Å². The van der Waals surface area contributed by atoms with E-state index in [1.807, 2.05) is 0 Å². The molecule has 1 N–H and O–H groups in total. The Morgan fingerprint density at radius 1 is 1.14 bits per heavy atom. The van der Waals surface area contributed by atoms with Gasteiger partial charge in [0.2, 0.25) is 0 Å². The van der Waals surface area contributed by atoms with E-state index in [2.05, 4.69) is 34.5 Å². The molecule has 1 saturated heterocycles. The van der Waals surface area contributed by atoms with Gasteiger partial charge in [0.25, 0.3) is 0 Å². The van der Waals surface area contributed by atoms with Crippen LogP contribution >= 0.6 is 0 Å². The van der Waals surface area contributed by atoms with E-state index in [1.54, 1.807) is 7.11 Å². The maximum Gasteiger partial charge on any atom is 0.118 e. The van der Waals surface area contributed by atoms with E-state index in [4.69, 9.17) is 4.74 Å². The van der Waals surface area contributed by atoms with Gasteiger partial charge in [-0.15, -0.1) is 0 Å². The number of methoxy groups -OCH3 is 1. The Morgan fingerprint density at radius 3 is 2.62 bits per heavy atom. The lowest BCUT2D eigenvalue weighted by Crippen LogP contribution is -2.53. The van der Waals surface area contributed by atoms with Gasteiger partial charge in [0.05, 0.1) is 7.11 Å². The quantitative estimate of drug-likeness (QED) is 0.921. The summed E-state index contributed by atoms with van der Waals surface area (Å²) >= 11 is 0. The maximum atomic E-state index is 5.23. The summed E-state index contributed by atoms with van der Waals surface area (Å²) in [5.41, 5.74) is 1.39. The summed E-state index contributed by atoms with van der Waals surface area (Å²) < 4.78 is 5.23. The lowest BCUT2D eigenvalue weighted by atomic mass is 9.83. The highest BCUT2D eigenvalue weighted by atomic mass is 16.5. The van der Waals surface area contributed by atoms with Crippen molar-refractivity contribution in [2.45, 2.75) is 44.7 Å². The SMILES string of the molecule is COc1ccc(CN2CCNC(C3CCCCC3)C2)cc1. The van der Waals surface area contributed by atoms with Crippen molar-refractivity contribution in [3.05, 3.63) is 29.8 Å². The van der Waals surface area contributed by atoms with Crippen molar-refractivity contribution in [3.63, 3.8) is 0 Å². The summed E-state index contributed by atoms with van der Waals surface area (Å²) in [4.78, 5) is 2.61. The van der Waals surface area contributed by atoms with Crippen LogP contribution in [0.3, 0.4) is 0 Å². The van der Waals surface area contributed by atoms with E-state index in [-0.39, 0.29) is 0 Å². The fourth-order valence-electron chi connectivity index (χ4n) is 3.83. The first-order valence-corrected chi connectivity index (χ1v) is 8.44. The minimum Gasteiger partial charge on any atom is -0.497 e. The minimum absolute atomic E-state index is 0.706. The predicted octanol–water partition coefficient (Wildman–Crippen LogP) is 3.05. The lowest BCUT2D eigenvalue weighted by molar-refractivity contribution is 0.141. The summed E-state index contributed by atoms with van der Waals surface area (Å²) in [6, 6.07) is 9.22. The molecule has 3 nitrogen and oxygen atoms in total. The van der Waals surface area contributed by atoms with Gasteiger partial charge in [0.1, 0.15) is 5.75 Å². The van der Waals surface area contributed by atoms with Crippen molar-refractivity contribution in [3.8, 4) is 5.75 Å². The van der Waals surface area contributed by atoms with Crippen LogP contribution in [0.1, 0.15) is 37.7 Å². The summed E-state index contributed by atoms with van der Waals surface area (Å²) in [6.07, 6.45) is 7.16. The van der Waals surface area contributed by atoms with Crippen molar-refractivity contribution in [2.24, 2.45) is 5.92 Å². The molecule has 116 valence electrons. The molecule has 3 heteroatoms. The van der Waals surface area contributed by atoms with Gasteiger partial charge < -0.3 is 10.1 Å². The van der Waals surface area contributed by atoms with Crippen LogP contribution in [-0.2, 0) is 6.54 Å². The second-order valence-corrected chi connectivity index (χ2v) is 6.54. The molecule has 1 aromatic carbocycles. The first kappa shape index (κ1) is 14.9. The Kier molecular flexibility index (Phi) is 5.15. The van der Waals surface area contributed by atoms with Crippen molar-refractivity contribution in [1.82, 2.24) is 10.2 Å². The third-order valence-electron chi connectivity index (χ3n) is 5.07. The molecule has 2 aliphatic rings. The molecule has 0 aromatic heterocycles. The van der Waals surface area contributed by atoms with E-state index >= 15 is 0 Å². The van der Waals surface area contributed by atoms with Crippen LogP contribution < -0.4 is 10.1 Å². The second kappa shape index (κ2) is 7.28. The fraction of sp³-hybridized carbons (Fsp3) is 0.667. The number of rotatable bonds is 4. The highest BCUT2D eigenvalue weighted by Gasteiger charge is 2.27. The Balaban J connectivity index is 1.55. The zero-order valence-electron chi connectivity index (χ0n) is 13.2. The second-order valence-electron chi connectivity index (χ2n) is 6.54. The van der Waals surface area contributed by atoms with Gasteiger partial charge in [0, 0.05) is 32.2 Å². The number of benzene rings is 1. The average molecular weight is 288 g/mol. The van der Waals surface area contributed by atoms with Crippen molar-refractivity contribution >= 4 is 0 Å². The van der Waals surface area contributed by atoms with Crippen molar-refractivity contribution < 1.29 is 4.74 Å². The summed E-state index contributed by atoms with van der Waals surface area (Å²) in [6.45, 7) is 4.57. The third kappa shape index (κ3) is 3.98. The molecular formula is C18H28N2O. The zero-order chi connectivity index (χ0) is 14.5. The largest absolute Gasteiger partial charge is 0.497 e. The normalized spacial score (nSPS) is 24.9. The third-order valence-corrected chi connectivity index (χ3v) is 5.07.